The Bertz CT molecular complexity index is 1650. The Hall–Kier alpha value is -3.64. The molecule has 12 heteroatoms. The number of para-hydroxylation sites is 1. The molecule has 1 aromatic carbocycles. The van der Waals surface area contributed by atoms with E-state index < -0.39 is 12.1 Å². The molecule has 0 bridgehead atoms. The number of pyridine rings is 2. The van der Waals surface area contributed by atoms with E-state index in [1.807, 2.05) is 69.3 Å². The monoisotopic (exact) mass is 760 g/mol. The SMILES string of the molecule is CCC[C@H](NC(=O)[C@@H](CC[C@H](CC1CCCCC1)NC(=O)[C@@H](NC(=O)c1ccc2ccccc2n1)C1SCCS1)C(C)C)C(=O)NCc1ccccn1. The zero-order valence-corrected chi connectivity index (χ0v) is 33.0. The number of hydrogen-bond donors (Lipinski definition) is 4. The highest BCUT2D eigenvalue weighted by molar-refractivity contribution is 8.20. The fourth-order valence-electron chi connectivity index (χ4n) is 7.39. The molecule has 0 spiro atoms. The zero-order chi connectivity index (χ0) is 37.6. The number of hydrogen-bond acceptors (Lipinski definition) is 8. The lowest BCUT2D eigenvalue weighted by Gasteiger charge is -2.31. The van der Waals surface area contributed by atoms with Crippen LogP contribution in [0.1, 0.15) is 101 Å². The van der Waals surface area contributed by atoms with Gasteiger partial charge in [0.15, 0.2) is 0 Å². The summed E-state index contributed by atoms with van der Waals surface area (Å²) < 4.78 is -0.108. The predicted octanol–water partition coefficient (Wildman–Crippen LogP) is 6.64. The van der Waals surface area contributed by atoms with Gasteiger partial charge in [-0.25, -0.2) is 4.98 Å². The number of aromatic nitrogens is 2. The Labute approximate surface area is 323 Å². The van der Waals surface area contributed by atoms with Gasteiger partial charge in [0.05, 0.1) is 22.3 Å². The highest BCUT2D eigenvalue weighted by Gasteiger charge is 2.36. The van der Waals surface area contributed by atoms with Crippen molar-refractivity contribution in [1.29, 1.82) is 0 Å². The molecule has 3 aromatic rings. The Balaban J connectivity index is 1.26. The quantitative estimate of drug-likeness (QED) is 0.113. The Morgan fingerprint density at radius 3 is 2.28 bits per heavy atom. The third-order valence-corrected chi connectivity index (χ3v) is 13.5. The third-order valence-electron chi connectivity index (χ3n) is 10.4. The molecule has 1 saturated carbocycles. The fraction of sp³-hybridized carbons (Fsp3) is 0.561. The van der Waals surface area contributed by atoms with Crippen LogP contribution in [0, 0.1) is 17.8 Å². The van der Waals surface area contributed by atoms with Gasteiger partial charge in [-0.1, -0.05) is 89.6 Å². The van der Waals surface area contributed by atoms with Crippen molar-refractivity contribution in [3.63, 3.8) is 0 Å². The van der Waals surface area contributed by atoms with Gasteiger partial charge in [0.1, 0.15) is 17.8 Å². The van der Waals surface area contributed by atoms with Crippen LogP contribution < -0.4 is 21.3 Å². The van der Waals surface area contributed by atoms with Crippen molar-refractivity contribution in [3.05, 3.63) is 72.2 Å². The zero-order valence-electron chi connectivity index (χ0n) is 31.4. The topological polar surface area (TPSA) is 142 Å². The predicted molar refractivity (Wildman–Crippen MR) is 215 cm³/mol. The number of nitrogens with zero attached hydrogens (tertiary/aromatic N) is 2. The largest absolute Gasteiger partial charge is 0.352 e. The molecule has 2 fully saturated rings. The van der Waals surface area contributed by atoms with E-state index in [4.69, 9.17) is 0 Å². The van der Waals surface area contributed by atoms with Crippen molar-refractivity contribution in [2.75, 3.05) is 11.5 Å². The summed E-state index contributed by atoms with van der Waals surface area (Å²) in [6, 6.07) is 15.3. The first-order chi connectivity index (χ1) is 25.7. The molecule has 3 heterocycles. The number of benzene rings is 1. The van der Waals surface area contributed by atoms with Crippen molar-refractivity contribution >= 4 is 58.1 Å². The van der Waals surface area contributed by atoms with Crippen molar-refractivity contribution < 1.29 is 19.2 Å². The maximum absolute atomic E-state index is 14.2. The number of carbonyl (C=O) groups excluding carboxylic acids is 4. The second-order valence-electron chi connectivity index (χ2n) is 14.7. The normalized spacial score (nSPS) is 17.5. The highest BCUT2D eigenvalue weighted by Crippen LogP contribution is 2.35. The lowest BCUT2D eigenvalue weighted by Crippen LogP contribution is -2.54. The van der Waals surface area contributed by atoms with Gasteiger partial charge in [-0.3, -0.25) is 24.2 Å². The first-order valence-electron chi connectivity index (χ1n) is 19.4. The van der Waals surface area contributed by atoms with Crippen LogP contribution in [0.2, 0.25) is 0 Å². The van der Waals surface area contributed by atoms with Crippen LogP contribution in [0.25, 0.3) is 10.9 Å². The number of nitrogens with one attached hydrogen (secondary N) is 4. The van der Waals surface area contributed by atoms with Crippen LogP contribution in [-0.4, -0.2) is 67.8 Å². The minimum absolute atomic E-state index is 0.0349. The van der Waals surface area contributed by atoms with Gasteiger partial charge in [-0.2, -0.15) is 0 Å². The summed E-state index contributed by atoms with van der Waals surface area (Å²) in [6.07, 6.45) is 10.9. The van der Waals surface area contributed by atoms with Crippen LogP contribution in [0.4, 0.5) is 0 Å². The minimum atomic E-state index is -0.731. The van der Waals surface area contributed by atoms with Gasteiger partial charge in [-0.05, 0) is 61.8 Å². The maximum atomic E-state index is 14.2. The lowest BCUT2D eigenvalue weighted by molar-refractivity contribution is -0.132. The van der Waals surface area contributed by atoms with Crippen LogP contribution in [-0.2, 0) is 20.9 Å². The van der Waals surface area contributed by atoms with Crippen LogP contribution >= 0.6 is 23.5 Å². The average Bonchev–Trinajstić information content (AvgIpc) is 3.71. The van der Waals surface area contributed by atoms with E-state index in [9.17, 15) is 19.2 Å². The summed E-state index contributed by atoms with van der Waals surface area (Å²) in [5.74, 6) is 1.13. The van der Waals surface area contributed by atoms with E-state index in [0.29, 0.717) is 31.7 Å². The number of fused-ring (bicyclic) bond motifs is 1. The molecule has 2 aromatic heterocycles. The molecule has 5 rings (SSSR count). The molecule has 4 N–H and O–H groups in total. The number of rotatable bonds is 18. The van der Waals surface area contributed by atoms with E-state index in [2.05, 4.69) is 31.2 Å². The van der Waals surface area contributed by atoms with Crippen molar-refractivity contribution in [3.8, 4) is 0 Å². The minimum Gasteiger partial charge on any atom is -0.352 e. The average molecular weight is 761 g/mol. The van der Waals surface area contributed by atoms with Gasteiger partial charge in [0.25, 0.3) is 5.91 Å². The van der Waals surface area contributed by atoms with Gasteiger partial charge in [0, 0.05) is 35.0 Å². The van der Waals surface area contributed by atoms with Gasteiger partial charge in [0.2, 0.25) is 17.7 Å². The van der Waals surface area contributed by atoms with Crippen molar-refractivity contribution in [2.45, 2.75) is 114 Å². The summed E-state index contributed by atoms with van der Waals surface area (Å²) in [5.41, 5.74) is 1.77. The molecule has 10 nitrogen and oxygen atoms in total. The number of carbonyl (C=O) groups is 4. The Morgan fingerprint density at radius 2 is 1.57 bits per heavy atom. The van der Waals surface area contributed by atoms with Crippen LogP contribution in [0.15, 0.2) is 60.8 Å². The highest BCUT2D eigenvalue weighted by atomic mass is 32.2. The second-order valence-corrected chi connectivity index (χ2v) is 17.5. The van der Waals surface area contributed by atoms with Crippen molar-refractivity contribution in [2.24, 2.45) is 17.8 Å². The molecule has 1 aliphatic carbocycles. The summed E-state index contributed by atoms with van der Waals surface area (Å²) in [7, 11) is 0. The number of thioether (sulfide) groups is 2. The van der Waals surface area contributed by atoms with E-state index >= 15 is 0 Å². The summed E-state index contributed by atoms with van der Waals surface area (Å²) in [6.45, 7) is 6.37. The van der Waals surface area contributed by atoms with E-state index in [-0.39, 0.29) is 51.8 Å². The van der Waals surface area contributed by atoms with Gasteiger partial charge >= 0.3 is 0 Å². The lowest BCUT2D eigenvalue weighted by atomic mass is 9.82. The standard InChI is InChI=1S/C41H56N6O4S2/c1-4-12-34(38(49)43-26-31-16-10-11-22-42-31)46-37(48)32(27(2)3)20-19-30(25-28-13-6-5-7-14-28)44-40(51)36(41-52-23-24-53-41)47-39(50)35-21-18-29-15-8-9-17-33(29)45-35/h8-11,15-18,21-22,27-28,30,32,34,36,41H,4-7,12-14,19-20,23-26H2,1-3H3,(H,43,49)(H,44,51)(H,46,48)(H,47,50)/t30-,32+,34+,36-/m1/s1. The molecular formula is C41H56N6O4S2. The molecule has 286 valence electrons. The molecule has 4 atom stereocenters. The summed E-state index contributed by atoms with van der Waals surface area (Å²) in [4.78, 5) is 63.7. The molecular weight excluding hydrogens is 705 g/mol. The first kappa shape index (κ1) is 40.5. The van der Waals surface area contributed by atoms with Crippen LogP contribution in [0.5, 0.6) is 0 Å². The molecule has 0 radical (unpaired) electrons. The van der Waals surface area contributed by atoms with E-state index in [1.165, 1.54) is 19.3 Å². The molecule has 2 aliphatic rings. The maximum Gasteiger partial charge on any atom is 0.270 e. The van der Waals surface area contributed by atoms with E-state index in [1.54, 1.807) is 35.8 Å². The van der Waals surface area contributed by atoms with Gasteiger partial charge < -0.3 is 21.3 Å². The summed E-state index contributed by atoms with van der Waals surface area (Å²) in [5, 5.41) is 13.4. The first-order valence-corrected chi connectivity index (χ1v) is 21.5. The fourth-order valence-corrected chi connectivity index (χ4v) is 10.4. The molecule has 4 amide bonds. The van der Waals surface area contributed by atoms with E-state index in [0.717, 1.165) is 53.8 Å². The third kappa shape index (κ3) is 12.2. The molecule has 1 aliphatic heterocycles. The molecule has 53 heavy (non-hydrogen) atoms. The van der Waals surface area contributed by atoms with Crippen LogP contribution in [0.3, 0.4) is 0 Å². The Kier molecular flexibility index (Phi) is 15.8. The Morgan fingerprint density at radius 1 is 0.811 bits per heavy atom. The summed E-state index contributed by atoms with van der Waals surface area (Å²) >= 11 is 3.40. The molecule has 1 saturated heterocycles. The van der Waals surface area contributed by atoms with Crippen molar-refractivity contribution in [1.82, 2.24) is 31.2 Å². The van der Waals surface area contributed by atoms with Gasteiger partial charge in [-0.15, -0.1) is 23.5 Å². The second kappa shape index (κ2) is 20.7. The number of amides is 4. The smallest absolute Gasteiger partial charge is 0.270 e. The molecule has 0 unspecified atom stereocenters.